The van der Waals surface area contributed by atoms with E-state index in [2.05, 4.69) is 10.6 Å². The van der Waals surface area contributed by atoms with Crippen molar-refractivity contribution in [2.75, 3.05) is 45.3 Å². The molecule has 0 atom stereocenters. The first-order chi connectivity index (χ1) is 14.0. The predicted molar refractivity (Wildman–Crippen MR) is 109 cm³/mol. The summed E-state index contributed by atoms with van der Waals surface area (Å²) in [6.07, 6.45) is 0. The van der Waals surface area contributed by atoms with E-state index in [1.165, 1.54) is 16.4 Å². The number of hydrogen-bond acceptors (Lipinski definition) is 6. The Hall–Kier alpha value is -2.46. The normalized spacial score (nSPS) is 15.1. The molecule has 1 amide bonds. The van der Waals surface area contributed by atoms with Crippen LogP contribution in [0.5, 0.6) is 5.75 Å². The maximum Gasteiger partial charge on any atom is 0.243 e. The summed E-state index contributed by atoms with van der Waals surface area (Å²) in [5.74, 6) is 0.577. The van der Waals surface area contributed by atoms with Gasteiger partial charge in [-0.15, -0.1) is 0 Å². The maximum absolute atomic E-state index is 12.6. The molecule has 3 rings (SSSR count). The second-order valence-corrected chi connectivity index (χ2v) is 8.48. The van der Waals surface area contributed by atoms with E-state index in [1.807, 2.05) is 24.3 Å². The predicted octanol–water partition coefficient (Wildman–Crippen LogP) is 1.44. The summed E-state index contributed by atoms with van der Waals surface area (Å²) in [5.41, 5.74) is 1.58. The van der Waals surface area contributed by atoms with E-state index in [0.29, 0.717) is 38.5 Å². The Morgan fingerprint density at radius 1 is 1.07 bits per heavy atom. The lowest BCUT2D eigenvalue weighted by atomic mass is 10.2. The summed E-state index contributed by atoms with van der Waals surface area (Å²) >= 11 is 0. The third kappa shape index (κ3) is 5.77. The van der Waals surface area contributed by atoms with Crippen LogP contribution in [0.4, 0.5) is 5.69 Å². The Kier molecular flexibility index (Phi) is 7.21. The van der Waals surface area contributed by atoms with Gasteiger partial charge in [-0.05, 0) is 42.0 Å². The largest absolute Gasteiger partial charge is 0.497 e. The monoisotopic (exact) mass is 419 g/mol. The number of nitrogens with zero attached hydrogens (tertiary/aromatic N) is 1. The van der Waals surface area contributed by atoms with Gasteiger partial charge >= 0.3 is 0 Å². The van der Waals surface area contributed by atoms with E-state index in [4.69, 9.17) is 9.47 Å². The first-order valence-electron chi connectivity index (χ1n) is 9.30. The van der Waals surface area contributed by atoms with Crippen LogP contribution >= 0.6 is 0 Å². The quantitative estimate of drug-likeness (QED) is 0.672. The molecule has 8 nitrogen and oxygen atoms in total. The molecular formula is C20H25N3O5S. The average Bonchev–Trinajstić information content (AvgIpc) is 2.75. The molecule has 0 aliphatic carbocycles. The lowest BCUT2D eigenvalue weighted by molar-refractivity contribution is -0.115. The highest BCUT2D eigenvalue weighted by Gasteiger charge is 2.26. The molecule has 9 heteroatoms. The van der Waals surface area contributed by atoms with Gasteiger partial charge in [0.25, 0.3) is 0 Å². The summed E-state index contributed by atoms with van der Waals surface area (Å²) in [7, 11) is -1.92. The van der Waals surface area contributed by atoms with Crippen molar-refractivity contribution in [2.24, 2.45) is 0 Å². The number of sulfonamides is 1. The van der Waals surface area contributed by atoms with Gasteiger partial charge in [0.15, 0.2) is 0 Å². The first kappa shape index (κ1) is 21.3. The van der Waals surface area contributed by atoms with Crippen LogP contribution in [0.15, 0.2) is 53.4 Å². The van der Waals surface area contributed by atoms with E-state index >= 15 is 0 Å². The van der Waals surface area contributed by atoms with Crippen LogP contribution in [0.2, 0.25) is 0 Å². The zero-order valence-electron chi connectivity index (χ0n) is 16.3. The molecular weight excluding hydrogens is 394 g/mol. The minimum atomic E-state index is -3.54. The van der Waals surface area contributed by atoms with Gasteiger partial charge in [0.1, 0.15) is 5.75 Å². The molecule has 29 heavy (non-hydrogen) atoms. The highest BCUT2D eigenvalue weighted by molar-refractivity contribution is 7.89. The summed E-state index contributed by atoms with van der Waals surface area (Å²) in [6.45, 7) is 2.18. The van der Waals surface area contributed by atoms with Crippen LogP contribution in [-0.2, 0) is 26.1 Å². The van der Waals surface area contributed by atoms with Crippen LogP contribution in [0.3, 0.4) is 0 Å². The summed E-state index contributed by atoms with van der Waals surface area (Å²) in [6, 6.07) is 13.8. The molecule has 156 valence electrons. The van der Waals surface area contributed by atoms with Gasteiger partial charge in [-0.2, -0.15) is 4.31 Å². The number of carbonyl (C=O) groups is 1. The molecule has 1 fully saturated rings. The highest BCUT2D eigenvalue weighted by Crippen LogP contribution is 2.19. The molecule has 2 aromatic carbocycles. The van der Waals surface area contributed by atoms with Gasteiger partial charge in [-0.1, -0.05) is 12.1 Å². The van der Waals surface area contributed by atoms with Gasteiger partial charge < -0.3 is 20.1 Å². The summed E-state index contributed by atoms with van der Waals surface area (Å²) in [5, 5.41) is 5.83. The van der Waals surface area contributed by atoms with Crippen molar-refractivity contribution in [2.45, 2.75) is 11.4 Å². The molecule has 0 radical (unpaired) electrons. The molecule has 1 saturated heterocycles. The van der Waals surface area contributed by atoms with Crippen molar-refractivity contribution in [3.8, 4) is 5.75 Å². The number of morpholine rings is 1. The van der Waals surface area contributed by atoms with E-state index in [0.717, 1.165) is 11.3 Å². The molecule has 0 unspecified atom stereocenters. The molecule has 2 aromatic rings. The van der Waals surface area contributed by atoms with Crippen molar-refractivity contribution >= 4 is 21.6 Å². The van der Waals surface area contributed by atoms with E-state index in [9.17, 15) is 13.2 Å². The molecule has 1 aliphatic rings. The Morgan fingerprint density at radius 2 is 1.72 bits per heavy atom. The summed E-state index contributed by atoms with van der Waals surface area (Å²) in [4.78, 5) is 12.3. The standard InChI is InChI=1S/C20H25N3O5S/c1-27-18-6-2-16(3-7-18)14-21-15-20(24)22-17-4-8-19(9-5-17)29(25,26)23-10-12-28-13-11-23/h2-9,21H,10-15H2,1H3,(H,22,24). The van der Waals surface area contributed by atoms with Gasteiger partial charge in [-0.25, -0.2) is 8.42 Å². The van der Waals surface area contributed by atoms with Crippen LogP contribution in [0, 0.1) is 0 Å². The number of benzene rings is 2. The summed E-state index contributed by atoms with van der Waals surface area (Å²) < 4.78 is 36.9. The van der Waals surface area contributed by atoms with E-state index < -0.39 is 10.0 Å². The second kappa shape index (κ2) is 9.84. The fourth-order valence-corrected chi connectivity index (χ4v) is 4.32. The molecule has 0 saturated carbocycles. The van der Waals surface area contributed by atoms with Crippen molar-refractivity contribution in [1.82, 2.24) is 9.62 Å². The van der Waals surface area contributed by atoms with Crippen LogP contribution in [0.25, 0.3) is 0 Å². The fraction of sp³-hybridized carbons (Fsp3) is 0.350. The average molecular weight is 420 g/mol. The Bertz CT molecular complexity index is 908. The van der Waals surface area contributed by atoms with Crippen LogP contribution in [0.1, 0.15) is 5.56 Å². The second-order valence-electron chi connectivity index (χ2n) is 6.54. The third-order valence-corrected chi connectivity index (χ3v) is 6.43. The maximum atomic E-state index is 12.6. The number of carbonyl (C=O) groups excluding carboxylic acids is 1. The zero-order valence-corrected chi connectivity index (χ0v) is 17.1. The van der Waals surface area contributed by atoms with E-state index in [-0.39, 0.29) is 17.3 Å². The number of methoxy groups -OCH3 is 1. The van der Waals surface area contributed by atoms with Crippen LogP contribution < -0.4 is 15.4 Å². The fourth-order valence-electron chi connectivity index (χ4n) is 2.92. The minimum absolute atomic E-state index is 0.139. The van der Waals surface area contributed by atoms with Crippen molar-refractivity contribution < 1.29 is 22.7 Å². The van der Waals surface area contributed by atoms with Crippen molar-refractivity contribution in [3.63, 3.8) is 0 Å². The smallest absolute Gasteiger partial charge is 0.243 e. The molecule has 0 spiro atoms. The molecule has 0 bridgehead atoms. The number of ether oxygens (including phenoxy) is 2. The van der Waals surface area contributed by atoms with Crippen molar-refractivity contribution in [3.05, 3.63) is 54.1 Å². The third-order valence-electron chi connectivity index (χ3n) is 4.52. The topological polar surface area (TPSA) is 97.0 Å². The van der Waals surface area contributed by atoms with Crippen LogP contribution in [-0.4, -0.2) is 58.6 Å². The van der Waals surface area contributed by atoms with Crippen molar-refractivity contribution in [1.29, 1.82) is 0 Å². The van der Waals surface area contributed by atoms with Gasteiger partial charge in [-0.3, -0.25) is 4.79 Å². The zero-order chi connectivity index (χ0) is 20.7. The Labute approximate surface area is 170 Å². The Morgan fingerprint density at radius 3 is 2.34 bits per heavy atom. The minimum Gasteiger partial charge on any atom is -0.497 e. The first-order valence-corrected chi connectivity index (χ1v) is 10.7. The molecule has 1 heterocycles. The molecule has 0 aromatic heterocycles. The van der Waals surface area contributed by atoms with Gasteiger partial charge in [0, 0.05) is 25.3 Å². The highest BCUT2D eigenvalue weighted by atomic mass is 32.2. The SMILES string of the molecule is COc1ccc(CNCC(=O)Nc2ccc(S(=O)(=O)N3CCOCC3)cc2)cc1. The van der Waals surface area contributed by atoms with Gasteiger partial charge in [0.05, 0.1) is 31.8 Å². The Balaban J connectivity index is 1.49. The number of anilines is 1. The lowest BCUT2D eigenvalue weighted by Gasteiger charge is -2.26. The number of rotatable bonds is 8. The van der Waals surface area contributed by atoms with Gasteiger partial charge in [0.2, 0.25) is 15.9 Å². The van der Waals surface area contributed by atoms with E-state index in [1.54, 1.807) is 19.2 Å². The number of hydrogen-bond donors (Lipinski definition) is 2. The number of nitrogens with one attached hydrogen (secondary N) is 2. The number of amides is 1. The lowest BCUT2D eigenvalue weighted by Crippen LogP contribution is -2.40. The molecule has 1 aliphatic heterocycles. The molecule has 2 N–H and O–H groups in total.